The third-order valence-corrected chi connectivity index (χ3v) is 2.63. The number of hydrogen-bond donors (Lipinski definition) is 1. The van der Waals surface area contributed by atoms with Crippen molar-refractivity contribution in [2.75, 3.05) is 0 Å². The maximum atomic E-state index is 12.2. The van der Waals surface area contributed by atoms with Gasteiger partial charge in [-0.15, -0.1) is 0 Å². The van der Waals surface area contributed by atoms with Crippen molar-refractivity contribution in [3.8, 4) is 0 Å². The van der Waals surface area contributed by atoms with Crippen molar-refractivity contribution in [3.05, 3.63) is 30.1 Å². The van der Waals surface area contributed by atoms with Gasteiger partial charge in [-0.05, 0) is 39.3 Å². The van der Waals surface area contributed by atoms with Gasteiger partial charge in [0.1, 0.15) is 0 Å². The fourth-order valence-corrected chi connectivity index (χ4v) is 1.74. The zero-order valence-corrected chi connectivity index (χ0v) is 11.7. The molecule has 4 nitrogen and oxygen atoms in total. The summed E-state index contributed by atoms with van der Waals surface area (Å²) in [6.07, 6.45) is 3.87. The van der Waals surface area contributed by atoms with Gasteiger partial charge in [-0.1, -0.05) is 6.07 Å². The van der Waals surface area contributed by atoms with Crippen LogP contribution in [-0.2, 0) is 11.3 Å². The lowest BCUT2D eigenvalue weighted by molar-refractivity contribution is -0.134. The van der Waals surface area contributed by atoms with E-state index in [1.165, 1.54) is 0 Å². The Balaban J connectivity index is 2.75. The van der Waals surface area contributed by atoms with E-state index in [0.29, 0.717) is 13.0 Å². The predicted octanol–water partition coefficient (Wildman–Crippen LogP) is 1.95. The minimum absolute atomic E-state index is 0.0846. The smallest absolute Gasteiger partial charge is 0.224 e. The van der Waals surface area contributed by atoms with E-state index in [-0.39, 0.29) is 11.9 Å². The Morgan fingerprint density at radius 1 is 1.50 bits per heavy atom. The largest absolute Gasteiger partial charge is 0.336 e. The van der Waals surface area contributed by atoms with Crippen LogP contribution in [0.25, 0.3) is 0 Å². The summed E-state index contributed by atoms with van der Waals surface area (Å²) < 4.78 is 0. The first kappa shape index (κ1) is 14.6. The summed E-state index contributed by atoms with van der Waals surface area (Å²) in [5, 5.41) is 0. The molecule has 1 aromatic heterocycles. The third-order valence-electron chi connectivity index (χ3n) is 2.63. The van der Waals surface area contributed by atoms with E-state index in [1.807, 2.05) is 44.7 Å². The van der Waals surface area contributed by atoms with Gasteiger partial charge in [0.2, 0.25) is 5.91 Å². The van der Waals surface area contributed by atoms with Gasteiger partial charge in [0.25, 0.3) is 0 Å². The highest BCUT2D eigenvalue weighted by atomic mass is 16.2. The van der Waals surface area contributed by atoms with Crippen LogP contribution in [0.2, 0.25) is 0 Å². The molecule has 0 bridgehead atoms. The average Bonchev–Trinajstić information content (AvgIpc) is 2.24. The van der Waals surface area contributed by atoms with Crippen molar-refractivity contribution < 1.29 is 4.79 Å². The summed E-state index contributed by atoms with van der Waals surface area (Å²) in [6.45, 7) is 8.34. The molecule has 18 heavy (non-hydrogen) atoms. The Labute approximate surface area is 109 Å². The first-order chi connectivity index (χ1) is 8.29. The Kier molecular flexibility index (Phi) is 4.84. The lowest BCUT2D eigenvalue weighted by atomic mass is 10.0. The molecule has 2 N–H and O–H groups in total. The molecule has 0 fully saturated rings. The number of carbonyl (C=O) groups excluding carboxylic acids is 1. The average molecular weight is 249 g/mol. The van der Waals surface area contributed by atoms with Crippen LogP contribution in [0.4, 0.5) is 0 Å². The minimum atomic E-state index is -0.473. The molecule has 1 amide bonds. The highest BCUT2D eigenvalue weighted by Crippen LogP contribution is 2.13. The second kappa shape index (κ2) is 5.96. The van der Waals surface area contributed by atoms with Crippen molar-refractivity contribution in [1.82, 2.24) is 9.88 Å². The maximum Gasteiger partial charge on any atom is 0.224 e. The van der Waals surface area contributed by atoms with Crippen molar-refractivity contribution in [2.24, 2.45) is 5.73 Å². The minimum Gasteiger partial charge on any atom is -0.336 e. The predicted molar refractivity (Wildman–Crippen MR) is 72.8 cm³/mol. The van der Waals surface area contributed by atoms with Gasteiger partial charge in [-0.2, -0.15) is 0 Å². The molecule has 0 saturated heterocycles. The van der Waals surface area contributed by atoms with E-state index in [0.717, 1.165) is 5.56 Å². The van der Waals surface area contributed by atoms with Crippen molar-refractivity contribution in [1.29, 1.82) is 0 Å². The summed E-state index contributed by atoms with van der Waals surface area (Å²) in [5.41, 5.74) is 6.47. The van der Waals surface area contributed by atoms with Crippen molar-refractivity contribution in [2.45, 2.75) is 52.2 Å². The molecule has 4 heteroatoms. The molecule has 0 aliphatic rings. The molecule has 0 atom stereocenters. The monoisotopic (exact) mass is 249 g/mol. The van der Waals surface area contributed by atoms with E-state index in [9.17, 15) is 4.79 Å². The van der Waals surface area contributed by atoms with Crippen LogP contribution < -0.4 is 5.73 Å². The van der Waals surface area contributed by atoms with Gasteiger partial charge in [-0.25, -0.2) is 0 Å². The van der Waals surface area contributed by atoms with E-state index in [1.54, 1.807) is 12.4 Å². The Bertz CT molecular complexity index is 382. The molecule has 0 unspecified atom stereocenters. The Morgan fingerprint density at radius 3 is 2.61 bits per heavy atom. The number of nitrogens with two attached hydrogens (primary N) is 1. The van der Waals surface area contributed by atoms with Crippen molar-refractivity contribution >= 4 is 5.91 Å². The van der Waals surface area contributed by atoms with E-state index < -0.39 is 5.54 Å². The lowest BCUT2D eigenvalue weighted by Gasteiger charge is -2.30. The van der Waals surface area contributed by atoms with Crippen LogP contribution in [0.15, 0.2) is 24.5 Å². The molecular formula is C14H23N3O. The number of nitrogens with zero attached hydrogens (tertiary/aromatic N) is 2. The number of pyridine rings is 1. The molecule has 1 heterocycles. The van der Waals surface area contributed by atoms with E-state index >= 15 is 0 Å². The molecule has 0 aliphatic heterocycles. The first-order valence-electron chi connectivity index (χ1n) is 6.27. The maximum absolute atomic E-state index is 12.2. The van der Waals surface area contributed by atoms with Crippen LogP contribution in [0.1, 0.15) is 39.7 Å². The number of aromatic nitrogens is 1. The fraction of sp³-hybridized carbons (Fsp3) is 0.571. The van der Waals surface area contributed by atoms with Crippen LogP contribution in [-0.4, -0.2) is 27.4 Å². The normalized spacial score (nSPS) is 11.7. The fourth-order valence-electron chi connectivity index (χ4n) is 1.74. The summed E-state index contributed by atoms with van der Waals surface area (Å²) in [6, 6.07) is 4.01. The number of hydrogen-bond acceptors (Lipinski definition) is 3. The summed E-state index contributed by atoms with van der Waals surface area (Å²) in [7, 11) is 0. The quantitative estimate of drug-likeness (QED) is 0.867. The van der Waals surface area contributed by atoms with Crippen LogP contribution in [0.3, 0.4) is 0 Å². The van der Waals surface area contributed by atoms with E-state index in [4.69, 9.17) is 5.73 Å². The molecule has 0 aliphatic carbocycles. The number of carbonyl (C=O) groups is 1. The highest BCUT2D eigenvalue weighted by molar-refractivity contribution is 5.77. The highest BCUT2D eigenvalue weighted by Gasteiger charge is 2.23. The van der Waals surface area contributed by atoms with Crippen LogP contribution in [0, 0.1) is 0 Å². The Hall–Kier alpha value is -1.42. The molecule has 1 rings (SSSR count). The second-order valence-corrected chi connectivity index (χ2v) is 5.64. The van der Waals surface area contributed by atoms with Gasteiger partial charge >= 0.3 is 0 Å². The van der Waals surface area contributed by atoms with Gasteiger partial charge in [0.05, 0.1) is 0 Å². The van der Waals surface area contributed by atoms with Crippen molar-refractivity contribution in [3.63, 3.8) is 0 Å². The van der Waals surface area contributed by atoms with Gasteiger partial charge < -0.3 is 10.6 Å². The molecule has 1 aromatic rings. The summed E-state index contributed by atoms with van der Waals surface area (Å²) in [4.78, 5) is 18.1. The summed E-state index contributed by atoms with van der Waals surface area (Å²) in [5.74, 6) is 0.0846. The van der Waals surface area contributed by atoms with E-state index in [2.05, 4.69) is 4.98 Å². The SMILES string of the molecule is CC(C)N(Cc1cccnc1)C(=O)CC(C)(C)N. The molecule has 0 spiro atoms. The molecule has 100 valence electrons. The zero-order valence-electron chi connectivity index (χ0n) is 11.7. The summed E-state index contributed by atoms with van der Waals surface area (Å²) >= 11 is 0. The number of amides is 1. The topological polar surface area (TPSA) is 59.2 Å². The molecular weight excluding hydrogens is 226 g/mol. The Morgan fingerprint density at radius 2 is 2.17 bits per heavy atom. The van der Waals surface area contributed by atoms with Crippen LogP contribution >= 0.6 is 0 Å². The zero-order chi connectivity index (χ0) is 13.8. The molecule has 0 saturated carbocycles. The molecule has 0 radical (unpaired) electrons. The van der Waals surface area contributed by atoms with Gasteiger partial charge in [0, 0.05) is 36.9 Å². The number of rotatable bonds is 5. The third kappa shape index (κ3) is 4.84. The lowest BCUT2D eigenvalue weighted by Crippen LogP contribution is -2.43. The first-order valence-corrected chi connectivity index (χ1v) is 6.27. The van der Waals surface area contributed by atoms with Gasteiger partial charge in [0.15, 0.2) is 0 Å². The standard InChI is InChI=1S/C14H23N3O/c1-11(2)17(13(18)8-14(3,4)15)10-12-6-5-7-16-9-12/h5-7,9,11H,8,10,15H2,1-4H3. The van der Waals surface area contributed by atoms with Gasteiger partial charge in [-0.3, -0.25) is 9.78 Å². The second-order valence-electron chi connectivity index (χ2n) is 5.64. The van der Waals surface area contributed by atoms with Crippen LogP contribution in [0.5, 0.6) is 0 Å². The molecule has 0 aromatic carbocycles.